The van der Waals surface area contributed by atoms with Gasteiger partial charge in [0.05, 0.1) is 18.8 Å². The maximum Gasteiger partial charge on any atom is 0.101 e. The molecule has 1 aliphatic rings. The maximum atomic E-state index is 5.19. The zero-order chi connectivity index (χ0) is 13.3. The van der Waals surface area contributed by atoms with Gasteiger partial charge in [0.2, 0.25) is 0 Å². The molecule has 1 unspecified atom stereocenters. The quantitative estimate of drug-likeness (QED) is 0.455. The number of aryl methyl sites for hydroxylation is 1. The lowest BCUT2D eigenvalue weighted by Crippen LogP contribution is -2.04. The number of unbranched alkanes of at least 4 members (excludes halogenated alkanes) is 7. The Balaban J connectivity index is 1.47. The number of hydrogen-bond acceptors (Lipinski definition) is 3. The Labute approximate surface area is 116 Å². The largest absolute Gasteiger partial charge is 0.371 e. The first-order chi connectivity index (χ1) is 9.38. The molecule has 0 N–H and O–H groups in total. The van der Waals surface area contributed by atoms with Crippen LogP contribution in [0.2, 0.25) is 0 Å². The highest BCUT2D eigenvalue weighted by Gasteiger charge is 2.23. The molecule has 4 heteroatoms. The average Bonchev–Trinajstić information content (AvgIpc) is 3.11. The molecule has 19 heavy (non-hydrogen) atoms. The number of hydrogen-bond donors (Lipinski definition) is 0. The fourth-order valence-electron chi connectivity index (χ4n) is 2.36. The molecular formula is C15H27N3O. The summed E-state index contributed by atoms with van der Waals surface area (Å²) in [6, 6.07) is 0. The molecule has 2 rings (SSSR count). The summed E-state index contributed by atoms with van der Waals surface area (Å²) in [5.41, 5.74) is 1.13. The number of ether oxygens (including phenoxy) is 1. The SMILES string of the molecule is CCCCCCCCCCc1cn(CC2CO2)nn1. The number of rotatable bonds is 11. The molecule has 1 aromatic rings. The van der Waals surface area contributed by atoms with Crippen LogP contribution in [-0.2, 0) is 17.7 Å². The van der Waals surface area contributed by atoms with Crippen LogP contribution in [0.4, 0.5) is 0 Å². The predicted octanol–water partition coefficient (Wildman–Crippen LogP) is 3.36. The van der Waals surface area contributed by atoms with Crippen molar-refractivity contribution < 1.29 is 4.74 Å². The van der Waals surface area contributed by atoms with Gasteiger partial charge in [0.1, 0.15) is 6.10 Å². The molecule has 0 aliphatic carbocycles. The fourth-order valence-corrected chi connectivity index (χ4v) is 2.36. The summed E-state index contributed by atoms with van der Waals surface area (Å²) in [7, 11) is 0. The van der Waals surface area contributed by atoms with Gasteiger partial charge in [-0.05, 0) is 12.8 Å². The van der Waals surface area contributed by atoms with Crippen LogP contribution in [0.3, 0.4) is 0 Å². The van der Waals surface area contributed by atoms with Gasteiger partial charge in [-0.15, -0.1) is 5.10 Å². The van der Waals surface area contributed by atoms with Gasteiger partial charge in [-0.25, -0.2) is 4.68 Å². The number of epoxide rings is 1. The van der Waals surface area contributed by atoms with Crippen LogP contribution in [0, 0.1) is 0 Å². The molecule has 0 amide bonds. The van der Waals surface area contributed by atoms with Gasteiger partial charge in [0.15, 0.2) is 0 Å². The van der Waals surface area contributed by atoms with Gasteiger partial charge in [-0.1, -0.05) is 57.1 Å². The molecule has 1 aliphatic heterocycles. The highest BCUT2D eigenvalue weighted by Crippen LogP contribution is 2.12. The van der Waals surface area contributed by atoms with Crippen LogP contribution in [0.25, 0.3) is 0 Å². The van der Waals surface area contributed by atoms with Crippen molar-refractivity contribution in [2.45, 2.75) is 77.4 Å². The molecule has 1 saturated heterocycles. The van der Waals surface area contributed by atoms with E-state index in [4.69, 9.17) is 4.74 Å². The van der Waals surface area contributed by atoms with Gasteiger partial charge >= 0.3 is 0 Å². The highest BCUT2D eigenvalue weighted by atomic mass is 16.6. The smallest absolute Gasteiger partial charge is 0.101 e. The molecule has 0 bridgehead atoms. The van der Waals surface area contributed by atoms with Crippen LogP contribution >= 0.6 is 0 Å². The minimum atomic E-state index is 0.387. The minimum Gasteiger partial charge on any atom is -0.371 e. The van der Waals surface area contributed by atoms with E-state index in [2.05, 4.69) is 23.4 Å². The monoisotopic (exact) mass is 265 g/mol. The molecule has 0 saturated carbocycles. The molecule has 2 heterocycles. The molecule has 108 valence electrons. The van der Waals surface area contributed by atoms with Crippen molar-refractivity contribution in [3.63, 3.8) is 0 Å². The van der Waals surface area contributed by atoms with Crippen LogP contribution in [0.1, 0.15) is 64.0 Å². The topological polar surface area (TPSA) is 43.2 Å². The first kappa shape index (κ1) is 14.5. The van der Waals surface area contributed by atoms with Gasteiger partial charge in [-0.2, -0.15) is 0 Å². The summed E-state index contributed by atoms with van der Waals surface area (Å²) in [4.78, 5) is 0. The standard InChI is InChI=1S/C15H27N3O/c1-2-3-4-5-6-7-8-9-10-14-11-18(17-16-14)12-15-13-19-15/h11,15H,2-10,12-13H2,1H3. The van der Waals surface area contributed by atoms with Crippen molar-refractivity contribution in [3.05, 3.63) is 11.9 Å². The lowest BCUT2D eigenvalue weighted by Gasteiger charge is -2.00. The van der Waals surface area contributed by atoms with Crippen LogP contribution in [0.15, 0.2) is 6.20 Å². The van der Waals surface area contributed by atoms with E-state index in [9.17, 15) is 0 Å². The molecule has 4 nitrogen and oxygen atoms in total. The summed E-state index contributed by atoms with van der Waals surface area (Å²) in [6.45, 7) is 4.01. The second kappa shape index (κ2) is 8.31. The molecule has 1 fully saturated rings. The van der Waals surface area contributed by atoms with Gasteiger partial charge in [0, 0.05) is 6.20 Å². The summed E-state index contributed by atoms with van der Waals surface area (Å²) in [5.74, 6) is 0. The van der Waals surface area contributed by atoms with Crippen LogP contribution in [0.5, 0.6) is 0 Å². The third-order valence-corrected chi connectivity index (χ3v) is 3.67. The zero-order valence-electron chi connectivity index (χ0n) is 12.2. The maximum absolute atomic E-state index is 5.19. The Bertz CT molecular complexity index is 347. The van der Waals surface area contributed by atoms with Crippen molar-refractivity contribution in [3.8, 4) is 0 Å². The number of nitrogens with zero attached hydrogens (tertiary/aromatic N) is 3. The lowest BCUT2D eigenvalue weighted by atomic mass is 10.1. The van der Waals surface area contributed by atoms with Crippen LogP contribution < -0.4 is 0 Å². The molecule has 1 aromatic heterocycles. The Morgan fingerprint density at radius 2 is 1.84 bits per heavy atom. The predicted molar refractivity (Wildman–Crippen MR) is 76.1 cm³/mol. The van der Waals surface area contributed by atoms with Crippen molar-refractivity contribution in [2.24, 2.45) is 0 Å². The second-order valence-corrected chi connectivity index (χ2v) is 5.61. The van der Waals surface area contributed by atoms with Crippen molar-refractivity contribution >= 4 is 0 Å². The highest BCUT2D eigenvalue weighted by molar-refractivity contribution is 4.92. The molecule has 0 radical (unpaired) electrons. The summed E-state index contributed by atoms with van der Waals surface area (Å²) < 4.78 is 7.10. The van der Waals surface area contributed by atoms with Gasteiger partial charge in [0.25, 0.3) is 0 Å². The Kier molecular flexibility index (Phi) is 6.34. The normalized spacial score (nSPS) is 17.8. The van der Waals surface area contributed by atoms with Crippen molar-refractivity contribution in [1.29, 1.82) is 0 Å². The Morgan fingerprint density at radius 1 is 1.16 bits per heavy atom. The fraction of sp³-hybridized carbons (Fsp3) is 0.867. The van der Waals surface area contributed by atoms with Gasteiger partial charge in [-0.3, -0.25) is 0 Å². The summed E-state index contributed by atoms with van der Waals surface area (Å²) in [6.07, 6.45) is 14.4. The van der Waals surface area contributed by atoms with E-state index in [1.165, 1.54) is 51.4 Å². The van der Waals surface area contributed by atoms with E-state index in [1.54, 1.807) is 0 Å². The summed E-state index contributed by atoms with van der Waals surface area (Å²) >= 11 is 0. The average molecular weight is 265 g/mol. The van der Waals surface area contributed by atoms with E-state index >= 15 is 0 Å². The van der Waals surface area contributed by atoms with E-state index in [0.29, 0.717) is 6.10 Å². The first-order valence-corrected chi connectivity index (χ1v) is 7.89. The first-order valence-electron chi connectivity index (χ1n) is 7.89. The third kappa shape index (κ3) is 6.19. The Hall–Kier alpha value is -0.900. The molecular weight excluding hydrogens is 238 g/mol. The number of aromatic nitrogens is 3. The summed E-state index contributed by atoms with van der Waals surface area (Å²) in [5, 5.41) is 8.34. The minimum absolute atomic E-state index is 0.387. The third-order valence-electron chi connectivity index (χ3n) is 3.67. The molecule has 0 spiro atoms. The van der Waals surface area contributed by atoms with E-state index < -0.39 is 0 Å². The van der Waals surface area contributed by atoms with E-state index in [0.717, 1.165) is 25.3 Å². The second-order valence-electron chi connectivity index (χ2n) is 5.61. The van der Waals surface area contributed by atoms with Crippen LogP contribution in [-0.4, -0.2) is 27.7 Å². The molecule has 1 atom stereocenters. The van der Waals surface area contributed by atoms with Crippen molar-refractivity contribution in [2.75, 3.05) is 6.61 Å². The molecule has 0 aromatic carbocycles. The zero-order valence-corrected chi connectivity index (χ0v) is 12.2. The van der Waals surface area contributed by atoms with Crippen molar-refractivity contribution in [1.82, 2.24) is 15.0 Å². The van der Waals surface area contributed by atoms with E-state index in [-0.39, 0.29) is 0 Å². The van der Waals surface area contributed by atoms with E-state index in [1.807, 2.05) is 4.68 Å². The van der Waals surface area contributed by atoms with Gasteiger partial charge < -0.3 is 4.74 Å². The lowest BCUT2D eigenvalue weighted by molar-refractivity contribution is 0.371. The Morgan fingerprint density at radius 3 is 2.53 bits per heavy atom.